The molecule has 0 aliphatic rings. The maximum Gasteiger partial charge on any atom is 0.236 e. The van der Waals surface area contributed by atoms with Gasteiger partial charge in [-0.05, 0) is 20.3 Å². The Labute approximate surface area is 87.9 Å². The fraction of sp³-hybridized carbons (Fsp3) is 0.909. The molecule has 0 fully saturated rings. The number of nitrogens with zero attached hydrogens (tertiary/aromatic N) is 1. The lowest BCUT2D eigenvalue weighted by atomic mass is 10.1. The van der Waals surface area contributed by atoms with Crippen molar-refractivity contribution < 1.29 is 4.79 Å². The highest BCUT2D eigenvalue weighted by atomic mass is 16.2. The molecular formula is C11H24N2O. The number of amides is 1. The summed E-state index contributed by atoms with van der Waals surface area (Å²) < 4.78 is 0. The zero-order valence-corrected chi connectivity index (χ0v) is 9.97. The van der Waals surface area contributed by atoms with E-state index in [-0.39, 0.29) is 5.91 Å². The van der Waals surface area contributed by atoms with E-state index in [4.69, 9.17) is 0 Å². The van der Waals surface area contributed by atoms with Crippen LogP contribution in [0, 0.1) is 0 Å². The van der Waals surface area contributed by atoms with E-state index in [9.17, 15) is 4.79 Å². The third-order valence-corrected chi connectivity index (χ3v) is 2.49. The van der Waals surface area contributed by atoms with E-state index in [0.717, 1.165) is 13.0 Å². The van der Waals surface area contributed by atoms with Crippen LogP contribution in [0.5, 0.6) is 0 Å². The van der Waals surface area contributed by atoms with Crippen LogP contribution < -0.4 is 5.32 Å². The van der Waals surface area contributed by atoms with Crippen LogP contribution in [0.3, 0.4) is 0 Å². The molecule has 0 aromatic heterocycles. The minimum absolute atomic E-state index is 0.177. The fourth-order valence-corrected chi connectivity index (χ4v) is 1.19. The molecule has 14 heavy (non-hydrogen) atoms. The molecule has 84 valence electrons. The van der Waals surface area contributed by atoms with E-state index in [0.29, 0.717) is 12.6 Å². The van der Waals surface area contributed by atoms with E-state index in [1.54, 1.807) is 4.90 Å². The van der Waals surface area contributed by atoms with Crippen LogP contribution in [0.1, 0.15) is 40.0 Å². The van der Waals surface area contributed by atoms with Gasteiger partial charge < -0.3 is 10.2 Å². The molecule has 0 saturated carbocycles. The van der Waals surface area contributed by atoms with Gasteiger partial charge in [0.15, 0.2) is 0 Å². The Morgan fingerprint density at radius 3 is 2.57 bits per heavy atom. The summed E-state index contributed by atoms with van der Waals surface area (Å²) in [5, 5.41) is 3.24. The van der Waals surface area contributed by atoms with E-state index < -0.39 is 0 Å². The molecular weight excluding hydrogens is 176 g/mol. The van der Waals surface area contributed by atoms with Crippen molar-refractivity contribution in [3.8, 4) is 0 Å². The molecule has 0 bridgehead atoms. The highest BCUT2D eigenvalue weighted by Gasteiger charge is 2.07. The van der Waals surface area contributed by atoms with Crippen LogP contribution in [0.25, 0.3) is 0 Å². The number of nitrogens with one attached hydrogen (secondary N) is 1. The van der Waals surface area contributed by atoms with Crippen molar-refractivity contribution in [2.75, 3.05) is 20.1 Å². The molecule has 1 atom stereocenters. The van der Waals surface area contributed by atoms with Crippen molar-refractivity contribution in [1.82, 2.24) is 10.2 Å². The van der Waals surface area contributed by atoms with E-state index >= 15 is 0 Å². The number of carbonyl (C=O) groups excluding carboxylic acids is 1. The Hall–Kier alpha value is -0.570. The predicted molar refractivity (Wildman–Crippen MR) is 60.3 cm³/mol. The van der Waals surface area contributed by atoms with Gasteiger partial charge in [0, 0.05) is 19.6 Å². The maximum atomic E-state index is 11.4. The normalized spacial score (nSPS) is 12.6. The zero-order chi connectivity index (χ0) is 11.0. The topological polar surface area (TPSA) is 32.3 Å². The van der Waals surface area contributed by atoms with Gasteiger partial charge in [0.25, 0.3) is 0 Å². The minimum Gasteiger partial charge on any atom is -0.345 e. The Bertz CT molecular complexity index is 159. The van der Waals surface area contributed by atoms with Gasteiger partial charge in [-0.3, -0.25) is 4.79 Å². The molecule has 0 aliphatic carbocycles. The van der Waals surface area contributed by atoms with E-state index in [1.807, 2.05) is 14.0 Å². The van der Waals surface area contributed by atoms with Gasteiger partial charge in [-0.1, -0.05) is 19.8 Å². The average Bonchev–Trinajstić information content (AvgIpc) is 2.21. The molecule has 1 amide bonds. The summed E-state index contributed by atoms with van der Waals surface area (Å²) in [6.07, 6.45) is 3.60. The van der Waals surface area contributed by atoms with Gasteiger partial charge in [-0.2, -0.15) is 0 Å². The monoisotopic (exact) mass is 200 g/mol. The third kappa shape index (κ3) is 5.97. The minimum atomic E-state index is 0.177. The second-order valence-electron chi connectivity index (χ2n) is 3.83. The standard InChI is InChI=1S/C11H24N2O/c1-5-7-8-10(3)12-9-11(14)13(4)6-2/h10,12H,5-9H2,1-4H3. The third-order valence-electron chi connectivity index (χ3n) is 2.49. The molecule has 0 spiro atoms. The van der Waals surface area contributed by atoms with E-state index in [1.165, 1.54) is 12.8 Å². The van der Waals surface area contributed by atoms with Crippen molar-refractivity contribution in [1.29, 1.82) is 0 Å². The molecule has 1 N–H and O–H groups in total. The van der Waals surface area contributed by atoms with Gasteiger partial charge in [0.05, 0.1) is 6.54 Å². The van der Waals surface area contributed by atoms with Crippen molar-refractivity contribution in [2.24, 2.45) is 0 Å². The summed E-state index contributed by atoms with van der Waals surface area (Å²) in [6, 6.07) is 0.448. The molecule has 0 rings (SSSR count). The molecule has 3 nitrogen and oxygen atoms in total. The summed E-state index contributed by atoms with van der Waals surface area (Å²) in [5.74, 6) is 0.177. The lowest BCUT2D eigenvalue weighted by molar-refractivity contribution is -0.128. The first-order valence-corrected chi connectivity index (χ1v) is 5.59. The summed E-state index contributed by atoms with van der Waals surface area (Å²) >= 11 is 0. The first kappa shape index (κ1) is 13.4. The van der Waals surface area contributed by atoms with Crippen LogP contribution in [0.2, 0.25) is 0 Å². The summed E-state index contributed by atoms with van der Waals surface area (Å²) in [7, 11) is 1.83. The van der Waals surface area contributed by atoms with Gasteiger partial charge in [-0.25, -0.2) is 0 Å². The molecule has 0 saturated heterocycles. The van der Waals surface area contributed by atoms with Crippen molar-refractivity contribution in [3.63, 3.8) is 0 Å². The van der Waals surface area contributed by atoms with Gasteiger partial charge in [0.2, 0.25) is 5.91 Å². The highest BCUT2D eigenvalue weighted by molar-refractivity contribution is 5.77. The van der Waals surface area contributed by atoms with Crippen LogP contribution in [0.15, 0.2) is 0 Å². The molecule has 3 heteroatoms. The first-order valence-electron chi connectivity index (χ1n) is 5.59. The quantitative estimate of drug-likeness (QED) is 0.677. The second-order valence-corrected chi connectivity index (χ2v) is 3.83. The molecule has 0 aromatic carbocycles. The molecule has 0 heterocycles. The van der Waals surface area contributed by atoms with Crippen molar-refractivity contribution in [3.05, 3.63) is 0 Å². The Morgan fingerprint density at radius 1 is 1.43 bits per heavy atom. The lowest BCUT2D eigenvalue weighted by Crippen LogP contribution is -2.38. The largest absolute Gasteiger partial charge is 0.345 e. The number of hydrogen-bond acceptors (Lipinski definition) is 2. The van der Waals surface area contributed by atoms with Crippen LogP contribution in [-0.2, 0) is 4.79 Å². The predicted octanol–water partition coefficient (Wildman–Crippen LogP) is 1.63. The van der Waals surface area contributed by atoms with Crippen molar-refractivity contribution >= 4 is 5.91 Å². The molecule has 1 unspecified atom stereocenters. The maximum absolute atomic E-state index is 11.4. The van der Waals surface area contributed by atoms with Gasteiger partial charge in [-0.15, -0.1) is 0 Å². The van der Waals surface area contributed by atoms with Gasteiger partial charge >= 0.3 is 0 Å². The van der Waals surface area contributed by atoms with Crippen molar-refractivity contribution in [2.45, 2.75) is 46.1 Å². The Morgan fingerprint density at radius 2 is 2.07 bits per heavy atom. The Balaban J connectivity index is 3.55. The number of carbonyl (C=O) groups is 1. The van der Waals surface area contributed by atoms with Crippen LogP contribution >= 0.6 is 0 Å². The smallest absolute Gasteiger partial charge is 0.236 e. The number of hydrogen-bond donors (Lipinski definition) is 1. The first-order chi connectivity index (χ1) is 6.61. The molecule has 0 aliphatic heterocycles. The summed E-state index contributed by atoms with van der Waals surface area (Å²) in [6.45, 7) is 7.55. The van der Waals surface area contributed by atoms with Gasteiger partial charge in [0.1, 0.15) is 0 Å². The van der Waals surface area contributed by atoms with Crippen LogP contribution in [-0.4, -0.2) is 37.0 Å². The zero-order valence-electron chi connectivity index (χ0n) is 9.97. The fourth-order valence-electron chi connectivity index (χ4n) is 1.19. The number of rotatable bonds is 7. The molecule has 0 aromatic rings. The highest BCUT2D eigenvalue weighted by Crippen LogP contribution is 1.98. The second kappa shape index (κ2) is 7.80. The summed E-state index contributed by atoms with van der Waals surface area (Å²) in [4.78, 5) is 13.2. The number of likely N-dealkylation sites (N-methyl/N-ethyl adjacent to an activating group) is 1. The van der Waals surface area contributed by atoms with E-state index in [2.05, 4.69) is 19.2 Å². The molecule has 0 radical (unpaired) electrons. The average molecular weight is 200 g/mol. The Kier molecular flexibility index (Phi) is 7.48. The number of unbranched alkanes of at least 4 members (excludes halogenated alkanes) is 1. The summed E-state index contributed by atoms with van der Waals surface area (Å²) in [5.41, 5.74) is 0. The lowest BCUT2D eigenvalue weighted by Gasteiger charge is -2.17. The van der Waals surface area contributed by atoms with Crippen LogP contribution in [0.4, 0.5) is 0 Å². The SMILES string of the molecule is CCCCC(C)NCC(=O)N(C)CC.